The second-order valence-electron chi connectivity index (χ2n) is 16.7. The first-order valence-corrected chi connectivity index (χ1v) is 26.0. The molecule has 1 aliphatic rings. The molecule has 326 valence electrons. The molecular formula is C57H68O2S3. The van der Waals surface area contributed by atoms with Gasteiger partial charge < -0.3 is 9.47 Å². The molecule has 1 aliphatic carbocycles. The Morgan fingerprint density at radius 1 is 0.565 bits per heavy atom. The molecule has 1 aromatic carbocycles. The molecule has 5 heteroatoms. The molecule has 0 fully saturated rings. The summed E-state index contributed by atoms with van der Waals surface area (Å²) in [4.78, 5) is 7.68. The van der Waals surface area contributed by atoms with E-state index in [1.54, 1.807) is 0 Å². The van der Waals surface area contributed by atoms with E-state index in [2.05, 4.69) is 125 Å². The maximum Gasteiger partial charge on any atom is 0.149 e. The summed E-state index contributed by atoms with van der Waals surface area (Å²) in [5.74, 6) is 17.3. The Labute approximate surface area is 388 Å². The maximum absolute atomic E-state index is 6.80. The number of ether oxygens (including phenoxy) is 2. The molecule has 0 aliphatic heterocycles. The number of hydrogen-bond acceptors (Lipinski definition) is 5. The van der Waals surface area contributed by atoms with Gasteiger partial charge in [-0.25, -0.2) is 0 Å². The van der Waals surface area contributed by atoms with Gasteiger partial charge in [0.2, 0.25) is 0 Å². The third-order valence-electron chi connectivity index (χ3n) is 11.4. The highest BCUT2D eigenvalue weighted by molar-refractivity contribution is 7.24. The highest BCUT2D eigenvalue weighted by atomic mass is 32.1. The third-order valence-corrected chi connectivity index (χ3v) is 15.0. The van der Waals surface area contributed by atoms with Crippen LogP contribution in [0.2, 0.25) is 0 Å². The van der Waals surface area contributed by atoms with Crippen LogP contribution in [0.15, 0.2) is 59.7 Å². The number of aryl methyl sites for hydroxylation is 2. The summed E-state index contributed by atoms with van der Waals surface area (Å²) in [6.07, 6.45) is 36.8. The van der Waals surface area contributed by atoms with Crippen molar-refractivity contribution in [1.82, 2.24) is 0 Å². The standard InChI is InChI=1S/C57H68O2S3/c1-7-11-15-19-23-27-31-46-39-44(5)40-48(46)53-33-34-54(61-53)49-42-52(59-38-30-26-22-18-14-10-4)50(43-51(49)58-37-29-25-21-17-13-9-3)55-35-36-56(62-55)57-47(41-45(6)60-57)32-28-24-20-16-12-8-2/h4,33-36,39,41-43H,7-9,11-13,15-17,19-21,23-25,27-29,31-32,37,40H2,1-3,5-6H3. The van der Waals surface area contributed by atoms with Crippen LogP contribution in [0.3, 0.4) is 0 Å². The Bertz CT molecular complexity index is 2320. The van der Waals surface area contributed by atoms with Crippen LogP contribution in [-0.2, 0) is 6.42 Å². The fraction of sp³-hybridized carbons (Fsp3) is 0.474. The molecule has 0 atom stereocenters. The summed E-state index contributed by atoms with van der Waals surface area (Å²) < 4.78 is 13.1. The van der Waals surface area contributed by atoms with E-state index in [0.717, 1.165) is 47.4 Å². The third kappa shape index (κ3) is 15.5. The topological polar surface area (TPSA) is 18.5 Å². The monoisotopic (exact) mass is 880 g/mol. The van der Waals surface area contributed by atoms with Crippen LogP contribution in [0.1, 0.15) is 171 Å². The van der Waals surface area contributed by atoms with Crippen LogP contribution in [0.4, 0.5) is 0 Å². The van der Waals surface area contributed by atoms with Crippen molar-refractivity contribution in [2.45, 2.75) is 169 Å². The minimum Gasteiger partial charge on any atom is -0.493 e. The van der Waals surface area contributed by atoms with Crippen molar-refractivity contribution in [3.63, 3.8) is 0 Å². The lowest BCUT2D eigenvalue weighted by atomic mass is 10.0. The van der Waals surface area contributed by atoms with Gasteiger partial charge in [0.25, 0.3) is 0 Å². The van der Waals surface area contributed by atoms with E-state index in [4.69, 9.17) is 15.9 Å². The number of allylic oxidation sites excluding steroid dienone is 4. The fourth-order valence-corrected chi connectivity index (χ4v) is 11.5. The first-order chi connectivity index (χ1) is 30.4. The fourth-order valence-electron chi connectivity index (χ4n) is 8.15. The van der Waals surface area contributed by atoms with Gasteiger partial charge >= 0.3 is 0 Å². The van der Waals surface area contributed by atoms with Crippen molar-refractivity contribution in [1.29, 1.82) is 0 Å². The summed E-state index contributed by atoms with van der Waals surface area (Å²) in [5, 5.41) is 0. The van der Waals surface area contributed by atoms with Crippen molar-refractivity contribution >= 4 is 39.6 Å². The normalized spacial score (nSPS) is 11.9. The first kappa shape index (κ1) is 48.7. The predicted molar refractivity (Wildman–Crippen MR) is 273 cm³/mol. The molecule has 4 aromatic rings. The quantitative estimate of drug-likeness (QED) is 0.0439. The largest absolute Gasteiger partial charge is 0.493 e. The van der Waals surface area contributed by atoms with E-state index < -0.39 is 0 Å². The Hall–Kier alpha value is -4.36. The highest BCUT2D eigenvalue weighted by Crippen LogP contribution is 2.48. The van der Waals surface area contributed by atoms with Crippen molar-refractivity contribution in [2.24, 2.45) is 0 Å². The molecule has 0 amide bonds. The summed E-state index contributed by atoms with van der Waals surface area (Å²) >= 11 is 5.59. The van der Waals surface area contributed by atoms with E-state index in [1.807, 2.05) is 34.0 Å². The second-order valence-corrected chi connectivity index (χ2v) is 20.1. The Balaban J connectivity index is 1.50. The van der Waals surface area contributed by atoms with Crippen molar-refractivity contribution in [2.75, 3.05) is 6.61 Å². The predicted octanol–water partition coefficient (Wildman–Crippen LogP) is 17.7. The lowest BCUT2D eigenvalue weighted by Crippen LogP contribution is -2.00. The van der Waals surface area contributed by atoms with Crippen LogP contribution >= 0.6 is 34.0 Å². The smallest absolute Gasteiger partial charge is 0.149 e. The van der Waals surface area contributed by atoms with Crippen LogP contribution in [-0.4, -0.2) is 6.61 Å². The van der Waals surface area contributed by atoms with Gasteiger partial charge in [0.15, 0.2) is 0 Å². The minimum absolute atomic E-state index is 0.674. The molecule has 0 N–H and O–H groups in total. The van der Waals surface area contributed by atoms with Gasteiger partial charge in [-0.1, -0.05) is 129 Å². The number of hydrogen-bond donors (Lipinski definition) is 0. The van der Waals surface area contributed by atoms with Gasteiger partial charge in [-0.2, -0.15) is 0 Å². The zero-order chi connectivity index (χ0) is 43.8. The molecule has 3 heterocycles. The van der Waals surface area contributed by atoms with Crippen LogP contribution < -0.4 is 9.47 Å². The summed E-state index contributed by atoms with van der Waals surface area (Å²) in [5.41, 5.74) is 7.92. The molecular weight excluding hydrogens is 813 g/mol. The average Bonchev–Trinajstić information content (AvgIpc) is 4.10. The van der Waals surface area contributed by atoms with Gasteiger partial charge in [0, 0.05) is 58.2 Å². The van der Waals surface area contributed by atoms with Crippen molar-refractivity contribution < 1.29 is 9.47 Å². The number of benzene rings is 1. The molecule has 5 rings (SSSR count). The van der Waals surface area contributed by atoms with Crippen molar-refractivity contribution in [3.05, 3.63) is 75.0 Å². The molecule has 0 radical (unpaired) electrons. The van der Waals surface area contributed by atoms with E-state index in [1.165, 1.54) is 156 Å². The highest BCUT2D eigenvalue weighted by Gasteiger charge is 2.22. The van der Waals surface area contributed by atoms with Crippen LogP contribution in [0.25, 0.3) is 36.2 Å². The van der Waals surface area contributed by atoms with Gasteiger partial charge in [0.05, 0.1) is 6.61 Å². The molecule has 3 aromatic heterocycles. The van der Waals surface area contributed by atoms with Gasteiger partial charge in [-0.15, -0.1) is 40.4 Å². The van der Waals surface area contributed by atoms with E-state index in [0.29, 0.717) is 12.4 Å². The second kappa shape index (κ2) is 27.6. The molecule has 0 bridgehead atoms. The Morgan fingerprint density at radius 2 is 1.11 bits per heavy atom. The van der Waals surface area contributed by atoms with Crippen molar-refractivity contribution in [3.8, 4) is 90.2 Å². The lowest BCUT2D eigenvalue weighted by molar-refractivity contribution is 0.305. The van der Waals surface area contributed by atoms with Crippen LogP contribution in [0, 0.1) is 55.0 Å². The van der Waals surface area contributed by atoms with E-state index >= 15 is 0 Å². The lowest BCUT2D eigenvalue weighted by Gasteiger charge is -2.15. The Morgan fingerprint density at radius 3 is 1.81 bits per heavy atom. The van der Waals surface area contributed by atoms with Gasteiger partial charge in [-0.3, -0.25) is 0 Å². The van der Waals surface area contributed by atoms with E-state index in [-0.39, 0.29) is 0 Å². The number of rotatable bonds is 27. The molecule has 0 saturated heterocycles. The summed E-state index contributed by atoms with van der Waals surface area (Å²) in [6, 6.07) is 15.9. The molecule has 0 saturated carbocycles. The molecule has 0 unspecified atom stereocenters. The zero-order valence-electron chi connectivity index (χ0n) is 38.3. The Kier molecular flexibility index (Phi) is 21.7. The van der Waals surface area contributed by atoms with Gasteiger partial charge in [-0.05, 0) is 129 Å². The number of thiophene rings is 3. The molecule has 62 heavy (non-hydrogen) atoms. The van der Waals surface area contributed by atoms with Gasteiger partial charge in [0.1, 0.15) is 17.6 Å². The summed E-state index contributed by atoms with van der Waals surface area (Å²) in [6.45, 7) is 12.0. The van der Waals surface area contributed by atoms with Crippen LogP contribution in [0.5, 0.6) is 11.5 Å². The first-order valence-electron chi connectivity index (χ1n) is 23.6. The summed E-state index contributed by atoms with van der Waals surface area (Å²) in [7, 11) is 0. The number of terminal acetylenes is 1. The average molecular weight is 881 g/mol. The molecule has 2 nitrogen and oxygen atoms in total. The minimum atomic E-state index is 0.674. The maximum atomic E-state index is 6.80. The number of unbranched alkanes of at least 4 members (excludes halogenated alkanes) is 15. The molecule has 0 spiro atoms. The van der Waals surface area contributed by atoms with E-state index in [9.17, 15) is 0 Å². The zero-order valence-corrected chi connectivity index (χ0v) is 40.7. The SMILES string of the molecule is C#CC#CC#CC#COc1cc(-c2ccc(C3=C(CCCCCCCC)C=C(C)C3)s2)c(OCCCCCCCC)cc1-c1ccc(-c2sc(C)cc2CCCCCCCC)s1.